The summed E-state index contributed by atoms with van der Waals surface area (Å²) in [5, 5.41) is 0. The topological polar surface area (TPSA) is 35.5 Å². The van der Waals surface area contributed by atoms with E-state index in [4.69, 9.17) is 9.05 Å². The van der Waals surface area contributed by atoms with Crippen LogP contribution in [0.2, 0.25) is 0 Å². The third-order valence-electron chi connectivity index (χ3n) is 3.61. The highest BCUT2D eigenvalue weighted by molar-refractivity contribution is 7.53. The lowest BCUT2D eigenvalue weighted by molar-refractivity contribution is 0.197. The Hall–Kier alpha value is 0.150. The van der Waals surface area contributed by atoms with Gasteiger partial charge in [-0.1, -0.05) is 72.1 Å². The predicted molar refractivity (Wildman–Crippen MR) is 92.2 cm³/mol. The number of hydrogen-bond acceptors (Lipinski definition) is 3. The quantitative estimate of drug-likeness (QED) is 0.238. The molecule has 0 rings (SSSR count). The number of rotatable bonds is 16. The van der Waals surface area contributed by atoms with Crippen molar-refractivity contribution in [2.75, 3.05) is 19.4 Å². The summed E-state index contributed by atoms with van der Waals surface area (Å²) in [4.78, 5) is 0. The summed E-state index contributed by atoms with van der Waals surface area (Å²) in [5.74, 6) is 0. The van der Waals surface area contributed by atoms with Crippen LogP contribution in [-0.2, 0) is 13.6 Å². The summed E-state index contributed by atoms with van der Waals surface area (Å²) in [5.41, 5.74) is 0. The lowest BCUT2D eigenvalue weighted by Crippen LogP contribution is -2.03. The van der Waals surface area contributed by atoms with Gasteiger partial charge in [-0.3, -0.25) is 4.57 Å². The zero-order chi connectivity index (χ0) is 15.8. The third-order valence-corrected chi connectivity index (χ3v) is 5.62. The largest absolute Gasteiger partial charge is 0.330 e. The Labute approximate surface area is 132 Å². The van der Waals surface area contributed by atoms with E-state index < -0.39 is 7.60 Å². The highest BCUT2D eigenvalue weighted by Crippen LogP contribution is 2.49. The van der Waals surface area contributed by atoms with Crippen molar-refractivity contribution >= 4 is 7.60 Å². The van der Waals surface area contributed by atoms with Gasteiger partial charge in [-0.05, 0) is 19.3 Å². The number of hydrogen-bond donors (Lipinski definition) is 0. The standard InChI is InChI=1S/C17H37O3P/c1-4-7-10-12-14-16-20-21(18,17-9-6-3)19-15-13-11-8-5-2/h4-17H2,1-3H3. The molecule has 0 aliphatic carbocycles. The van der Waals surface area contributed by atoms with Gasteiger partial charge in [-0.2, -0.15) is 0 Å². The zero-order valence-electron chi connectivity index (χ0n) is 14.6. The maximum Gasteiger partial charge on any atom is 0.330 e. The first-order chi connectivity index (χ1) is 10.2. The van der Waals surface area contributed by atoms with Crippen LogP contribution in [0.25, 0.3) is 0 Å². The summed E-state index contributed by atoms with van der Waals surface area (Å²) >= 11 is 0. The molecule has 1 unspecified atom stereocenters. The maximum atomic E-state index is 12.6. The molecular formula is C17H37O3P. The molecule has 0 spiro atoms. The van der Waals surface area contributed by atoms with E-state index >= 15 is 0 Å². The summed E-state index contributed by atoms with van der Waals surface area (Å²) in [7, 11) is -2.84. The first-order valence-electron chi connectivity index (χ1n) is 9.06. The monoisotopic (exact) mass is 320 g/mol. The molecule has 0 saturated carbocycles. The maximum absolute atomic E-state index is 12.6. The second-order valence-electron chi connectivity index (χ2n) is 5.83. The van der Waals surface area contributed by atoms with Crippen molar-refractivity contribution in [3.05, 3.63) is 0 Å². The van der Waals surface area contributed by atoms with Crippen molar-refractivity contribution in [2.45, 2.75) is 91.4 Å². The van der Waals surface area contributed by atoms with E-state index in [0.29, 0.717) is 19.4 Å². The van der Waals surface area contributed by atoms with Gasteiger partial charge in [-0.15, -0.1) is 0 Å². The van der Waals surface area contributed by atoms with E-state index in [1.807, 2.05) is 0 Å². The average Bonchev–Trinajstić information content (AvgIpc) is 2.49. The second kappa shape index (κ2) is 15.1. The molecule has 0 aromatic rings. The third kappa shape index (κ3) is 13.5. The highest BCUT2D eigenvalue weighted by Gasteiger charge is 2.23. The van der Waals surface area contributed by atoms with Crippen LogP contribution >= 0.6 is 7.60 Å². The highest BCUT2D eigenvalue weighted by atomic mass is 31.2. The van der Waals surface area contributed by atoms with Crippen molar-refractivity contribution in [1.82, 2.24) is 0 Å². The number of unbranched alkanes of at least 4 members (excludes halogenated alkanes) is 8. The first kappa shape index (κ1) is 21.1. The fraction of sp³-hybridized carbons (Fsp3) is 1.00. The second-order valence-corrected chi connectivity index (χ2v) is 8.01. The minimum Gasteiger partial charge on any atom is -0.309 e. The molecule has 0 amide bonds. The van der Waals surface area contributed by atoms with Crippen molar-refractivity contribution in [3.63, 3.8) is 0 Å². The molecule has 128 valence electrons. The van der Waals surface area contributed by atoms with Crippen LogP contribution in [0.15, 0.2) is 0 Å². The Kier molecular flexibility index (Phi) is 15.2. The lowest BCUT2D eigenvalue weighted by Gasteiger charge is -2.18. The molecule has 0 heterocycles. The summed E-state index contributed by atoms with van der Waals surface area (Å²) in [6.07, 6.45) is 13.0. The molecule has 21 heavy (non-hydrogen) atoms. The van der Waals surface area contributed by atoms with Crippen molar-refractivity contribution < 1.29 is 13.6 Å². The van der Waals surface area contributed by atoms with E-state index in [9.17, 15) is 4.57 Å². The predicted octanol–water partition coefficient (Wildman–Crippen LogP) is 6.56. The van der Waals surface area contributed by atoms with Crippen LogP contribution in [0.3, 0.4) is 0 Å². The minimum atomic E-state index is -2.84. The SMILES string of the molecule is CCCCCCCOP(=O)(CCCC)OCCCCCC. The van der Waals surface area contributed by atoms with Gasteiger partial charge >= 0.3 is 7.60 Å². The fourth-order valence-electron chi connectivity index (χ4n) is 2.16. The van der Waals surface area contributed by atoms with Crippen LogP contribution in [0.4, 0.5) is 0 Å². The molecule has 0 aliphatic heterocycles. The molecule has 0 aromatic carbocycles. The molecule has 0 saturated heterocycles. The van der Waals surface area contributed by atoms with E-state index in [0.717, 1.165) is 38.5 Å². The van der Waals surface area contributed by atoms with Gasteiger partial charge in [-0.25, -0.2) is 0 Å². The van der Waals surface area contributed by atoms with E-state index in [2.05, 4.69) is 20.8 Å². The Morgan fingerprint density at radius 1 is 0.619 bits per heavy atom. The summed E-state index contributed by atoms with van der Waals surface area (Å²) in [6.45, 7) is 7.67. The van der Waals surface area contributed by atoms with Crippen LogP contribution in [-0.4, -0.2) is 19.4 Å². The molecule has 0 fully saturated rings. The van der Waals surface area contributed by atoms with Gasteiger partial charge in [0.15, 0.2) is 0 Å². The Morgan fingerprint density at radius 3 is 1.52 bits per heavy atom. The molecule has 0 aromatic heterocycles. The van der Waals surface area contributed by atoms with Gasteiger partial charge in [0.1, 0.15) is 0 Å². The molecule has 0 bridgehead atoms. The van der Waals surface area contributed by atoms with Gasteiger partial charge in [0, 0.05) is 0 Å². The van der Waals surface area contributed by atoms with Gasteiger partial charge in [0.05, 0.1) is 19.4 Å². The van der Waals surface area contributed by atoms with E-state index in [-0.39, 0.29) is 0 Å². The van der Waals surface area contributed by atoms with Crippen LogP contribution < -0.4 is 0 Å². The average molecular weight is 320 g/mol. The zero-order valence-corrected chi connectivity index (χ0v) is 15.5. The molecule has 0 radical (unpaired) electrons. The van der Waals surface area contributed by atoms with Crippen molar-refractivity contribution in [1.29, 1.82) is 0 Å². The Balaban J connectivity index is 3.89. The lowest BCUT2D eigenvalue weighted by atomic mass is 10.2. The molecule has 0 N–H and O–H groups in total. The smallest absolute Gasteiger partial charge is 0.309 e. The molecule has 1 atom stereocenters. The minimum absolute atomic E-state index is 0.576. The van der Waals surface area contributed by atoms with Crippen LogP contribution in [0.5, 0.6) is 0 Å². The van der Waals surface area contributed by atoms with Crippen LogP contribution in [0, 0.1) is 0 Å². The van der Waals surface area contributed by atoms with E-state index in [1.165, 1.54) is 32.1 Å². The Bertz CT molecular complexity index is 256. The van der Waals surface area contributed by atoms with Gasteiger partial charge in [0.25, 0.3) is 0 Å². The fourth-order valence-corrected chi connectivity index (χ4v) is 4.01. The summed E-state index contributed by atoms with van der Waals surface area (Å²) in [6, 6.07) is 0. The van der Waals surface area contributed by atoms with Crippen molar-refractivity contribution in [2.24, 2.45) is 0 Å². The molecular weight excluding hydrogens is 283 g/mol. The van der Waals surface area contributed by atoms with Crippen LogP contribution in [0.1, 0.15) is 91.4 Å². The van der Waals surface area contributed by atoms with E-state index in [1.54, 1.807) is 0 Å². The van der Waals surface area contributed by atoms with Gasteiger partial charge < -0.3 is 9.05 Å². The molecule has 0 aliphatic rings. The first-order valence-corrected chi connectivity index (χ1v) is 10.8. The molecule has 3 nitrogen and oxygen atoms in total. The normalized spacial score (nSPS) is 14.2. The Morgan fingerprint density at radius 2 is 1.05 bits per heavy atom. The molecule has 4 heteroatoms. The van der Waals surface area contributed by atoms with Gasteiger partial charge in [0.2, 0.25) is 0 Å². The van der Waals surface area contributed by atoms with Crippen molar-refractivity contribution in [3.8, 4) is 0 Å². The summed E-state index contributed by atoms with van der Waals surface area (Å²) < 4.78 is 23.9.